The molecule has 1 aromatic heterocycles. The molecule has 7 nitrogen and oxygen atoms in total. The number of aryl methyl sites for hydroxylation is 1. The van der Waals surface area contributed by atoms with Crippen LogP contribution in [0.5, 0.6) is 0 Å². The van der Waals surface area contributed by atoms with Gasteiger partial charge in [-0.2, -0.15) is 9.78 Å². The fraction of sp³-hybridized carbons (Fsp3) is 0.273. The van der Waals surface area contributed by atoms with Crippen LogP contribution in [-0.4, -0.2) is 38.2 Å². The first kappa shape index (κ1) is 19.8. The molecule has 0 atom stereocenters. The molecule has 0 bridgehead atoms. The maximum atomic E-state index is 13.4. The van der Waals surface area contributed by atoms with Crippen molar-refractivity contribution in [2.75, 3.05) is 13.1 Å². The van der Waals surface area contributed by atoms with Gasteiger partial charge in [-0.05, 0) is 55.2 Å². The van der Waals surface area contributed by atoms with E-state index in [1.807, 2.05) is 31.2 Å². The Morgan fingerprint density at radius 1 is 1.03 bits per heavy atom. The van der Waals surface area contributed by atoms with Gasteiger partial charge in [0.25, 0.3) is 11.5 Å². The van der Waals surface area contributed by atoms with E-state index in [9.17, 15) is 18.8 Å². The number of hydrogen-bond donors (Lipinski definition) is 0. The van der Waals surface area contributed by atoms with Crippen LogP contribution in [0.15, 0.2) is 58.1 Å². The van der Waals surface area contributed by atoms with E-state index in [0.717, 1.165) is 33.2 Å². The van der Waals surface area contributed by atoms with E-state index in [0.29, 0.717) is 13.1 Å². The lowest BCUT2D eigenvalue weighted by molar-refractivity contribution is 0.0781. The maximum Gasteiger partial charge on any atom is 0.352 e. The molecule has 30 heavy (non-hydrogen) atoms. The molecule has 0 aliphatic carbocycles. The smallest absolute Gasteiger partial charge is 0.337 e. The van der Waals surface area contributed by atoms with E-state index >= 15 is 0 Å². The third-order valence-electron chi connectivity index (χ3n) is 5.32. The summed E-state index contributed by atoms with van der Waals surface area (Å²) in [7, 11) is 0. The van der Waals surface area contributed by atoms with Crippen molar-refractivity contribution in [2.45, 2.75) is 26.3 Å². The first-order valence-electron chi connectivity index (χ1n) is 9.79. The summed E-state index contributed by atoms with van der Waals surface area (Å²) in [4.78, 5) is 40.8. The minimum atomic E-state index is -0.724. The average Bonchev–Trinajstić information content (AvgIpc) is 3.28. The molecule has 1 aliphatic heterocycles. The zero-order chi connectivity index (χ0) is 21.3. The Bertz CT molecular complexity index is 1210. The molecule has 1 fully saturated rings. The third-order valence-corrected chi connectivity index (χ3v) is 5.32. The molecule has 154 valence electrons. The van der Waals surface area contributed by atoms with Crippen molar-refractivity contribution >= 4 is 5.91 Å². The predicted octanol–water partition coefficient (Wildman–Crippen LogP) is 2.13. The molecule has 4 rings (SSSR count). The van der Waals surface area contributed by atoms with Crippen molar-refractivity contribution in [3.8, 4) is 5.69 Å². The molecule has 1 aliphatic rings. The second-order valence-corrected chi connectivity index (χ2v) is 7.34. The van der Waals surface area contributed by atoms with Crippen molar-refractivity contribution in [1.29, 1.82) is 0 Å². The SMILES string of the molecule is Cc1ccccc1Cn1c(=O)c(C(=O)N2CCCC2)nn(-c2ccc(F)cc2)c1=O. The molecule has 8 heteroatoms. The van der Waals surface area contributed by atoms with E-state index in [1.165, 1.54) is 24.3 Å². The van der Waals surface area contributed by atoms with Gasteiger partial charge in [-0.25, -0.2) is 9.18 Å². The molecular formula is C22H21FN4O3. The van der Waals surface area contributed by atoms with Gasteiger partial charge in [0.15, 0.2) is 0 Å². The van der Waals surface area contributed by atoms with Gasteiger partial charge in [-0.1, -0.05) is 24.3 Å². The molecule has 2 aromatic carbocycles. The number of amides is 1. The molecular weight excluding hydrogens is 387 g/mol. The lowest BCUT2D eigenvalue weighted by atomic mass is 10.1. The number of nitrogens with zero attached hydrogens (tertiary/aromatic N) is 4. The van der Waals surface area contributed by atoms with Crippen molar-refractivity contribution in [3.05, 3.63) is 92.0 Å². The summed E-state index contributed by atoms with van der Waals surface area (Å²) in [6.07, 6.45) is 1.72. The van der Waals surface area contributed by atoms with E-state index in [4.69, 9.17) is 0 Å². The second kappa shape index (κ2) is 8.06. The van der Waals surface area contributed by atoms with Crippen LogP contribution in [0.3, 0.4) is 0 Å². The average molecular weight is 408 g/mol. The van der Waals surface area contributed by atoms with Crippen LogP contribution in [0.25, 0.3) is 5.69 Å². The van der Waals surface area contributed by atoms with Crippen LogP contribution in [0.1, 0.15) is 34.5 Å². The first-order valence-corrected chi connectivity index (χ1v) is 9.79. The number of halogens is 1. The quantitative estimate of drug-likeness (QED) is 0.663. The molecule has 0 spiro atoms. The Labute approximate surface area is 172 Å². The van der Waals surface area contributed by atoms with Crippen LogP contribution in [0.4, 0.5) is 4.39 Å². The normalized spacial score (nSPS) is 13.6. The van der Waals surface area contributed by atoms with Gasteiger partial charge in [0.1, 0.15) is 5.82 Å². The van der Waals surface area contributed by atoms with Crippen molar-refractivity contribution in [3.63, 3.8) is 0 Å². The summed E-state index contributed by atoms with van der Waals surface area (Å²) in [5.41, 5.74) is 0.255. The lowest BCUT2D eigenvalue weighted by Crippen LogP contribution is -2.46. The van der Waals surface area contributed by atoms with Gasteiger partial charge in [0.05, 0.1) is 12.2 Å². The van der Waals surface area contributed by atoms with E-state index in [1.54, 1.807) is 4.90 Å². The fourth-order valence-electron chi connectivity index (χ4n) is 3.57. The van der Waals surface area contributed by atoms with Crippen LogP contribution in [0.2, 0.25) is 0 Å². The topological polar surface area (TPSA) is 77.2 Å². The molecule has 1 amide bonds. The highest BCUT2D eigenvalue weighted by atomic mass is 19.1. The molecule has 3 aromatic rings. The number of carbonyl (C=O) groups excluding carboxylic acids is 1. The number of rotatable bonds is 4. The van der Waals surface area contributed by atoms with E-state index in [-0.39, 0.29) is 17.9 Å². The zero-order valence-corrected chi connectivity index (χ0v) is 16.5. The van der Waals surface area contributed by atoms with Crippen LogP contribution in [0, 0.1) is 12.7 Å². The summed E-state index contributed by atoms with van der Waals surface area (Å²) in [5, 5.41) is 4.10. The lowest BCUT2D eigenvalue weighted by Gasteiger charge is -2.17. The Balaban J connectivity index is 1.90. The first-order chi connectivity index (χ1) is 14.5. The third kappa shape index (κ3) is 3.68. The standard InChI is InChI=1S/C22H21FN4O3/c1-15-6-2-3-7-16(15)14-26-21(29)19(20(28)25-12-4-5-13-25)24-27(22(26)30)18-10-8-17(23)9-11-18/h2-3,6-11H,4-5,12-14H2,1H3. The molecule has 2 heterocycles. The van der Waals surface area contributed by atoms with Gasteiger partial charge in [0.2, 0.25) is 5.69 Å². The number of benzene rings is 2. The molecule has 0 unspecified atom stereocenters. The van der Waals surface area contributed by atoms with Gasteiger partial charge in [0, 0.05) is 13.1 Å². The highest BCUT2D eigenvalue weighted by Gasteiger charge is 2.26. The number of hydrogen-bond acceptors (Lipinski definition) is 4. The summed E-state index contributed by atoms with van der Waals surface area (Å²) < 4.78 is 15.4. The zero-order valence-electron chi connectivity index (χ0n) is 16.5. The van der Waals surface area contributed by atoms with Gasteiger partial charge < -0.3 is 4.90 Å². The van der Waals surface area contributed by atoms with Gasteiger partial charge >= 0.3 is 5.69 Å². The molecule has 0 N–H and O–H groups in total. The molecule has 1 saturated heterocycles. The predicted molar refractivity (Wildman–Crippen MR) is 109 cm³/mol. The number of aromatic nitrogens is 3. The Kier molecular flexibility index (Phi) is 5.31. The van der Waals surface area contributed by atoms with Crippen molar-refractivity contribution in [2.24, 2.45) is 0 Å². The van der Waals surface area contributed by atoms with Crippen LogP contribution in [-0.2, 0) is 6.54 Å². The Hall–Kier alpha value is -3.55. The molecule has 0 saturated carbocycles. The van der Waals surface area contributed by atoms with E-state index in [2.05, 4.69) is 5.10 Å². The van der Waals surface area contributed by atoms with Crippen molar-refractivity contribution < 1.29 is 9.18 Å². The summed E-state index contributed by atoms with van der Waals surface area (Å²) in [6.45, 7) is 2.99. The summed E-state index contributed by atoms with van der Waals surface area (Å²) in [6, 6.07) is 12.6. The van der Waals surface area contributed by atoms with Gasteiger partial charge in [-0.15, -0.1) is 0 Å². The minimum Gasteiger partial charge on any atom is -0.337 e. The highest BCUT2D eigenvalue weighted by Crippen LogP contribution is 2.12. The highest BCUT2D eigenvalue weighted by molar-refractivity contribution is 5.92. The molecule has 0 radical (unpaired) electrons. The number of carbonyl (C=O) groups is 1. The Morgan fingerprint density at radius 2 is 1.70 bits per heavy atom. The maximum absolute atomic E-state index is 13.4. The van der Waals surface area contributed by atoms with Crippen LogP contribution < -0.4 is 11.2 Å². The second-order valence-electron chi connectivity index (χ2n) is 7.34. The largest absolute Gasteiger partial charge is 0.352 e. The van der Waals surface area contributed by atoms with E-state index < -0.39 is 23.0 Å². The van der Waals surface area contributed by atoms with Gasteiger partial charge in [-0.3, -0.25) is 14.2 Å². The van der Waals surface area contributed by atoms with Crippen molar-refractivity contribution in [1.82, 2.24) is 19.2 Å². The monoisotopic (exact) mass is 408 g/mol. The summed E-state index contributed by atoms with van der Waals surface area (Å²) in [5.74, 6) is -0.958. The fourth-order valence-corrected chi connectivity index (χ4v) is 3.57. The minimum absolute atomic E-state index is 0.00827. The summed E-state index contributed by atoms with van der Waals surface area (Å²) >= 11 is 0. The number of likely N-dealkylation sites (tertiary alicyclic amines) is 1. The van der Waals surface area contributed by atoms with Crippen LogP contribution >= 0.6 is 0 Å². The Morgan fingerprint density at radius 3 is 2.37 bits per heavy atom.